The van der Waals surface area contributed by atoms with Crippen molar-refractivity contribution in [3.8, 4) is 11.3 Å². The summed E-state index contributed by atoms with van der Waals surface area (Å²) in [7, 11) is 0. The van der Waals surface area contributed by atoms with Crippen molar-refractivity contribution < 1.29 is 14.3 Å². The summed E-state index contributed by atoms with van der Waals surface area (Å²) in [5, 5.41) is 13.4. The van der Waals surface area contributed by atoms with Gasteiger partial charge in [-0.2, -0.15) is 0 Å². The van der Waals surface area contributed by atoms with Crippen LogP contribution in [0.15, 0.2) is 59.1 Å². The van der Waals surface area contributed by atoms with Gasteiger partial charge in [-0.25, -0.2) is 4.98 Å². The molecule has 6 nitrogen and oxygen atoms in total. The first-order chi connectivity index (χ1) is 14.2. The topological polar surface area (TPSA) is 78.6 Å². The number of carbonyl (C=O) groups is 1. The van der Waals surface area contributed by atoms with Crippen molar-refractivity contribution in [1.82, 2.24) is 9.88 Å². The van der Waals surface area contributed by atoms with Crippen LogP contribution in [0, 0.1) is 0 Å². The number of benzene rings is 2. The molecular formula is C22H22ClN3O3. The molecule has 2 heterocycles. The van der Waals surface area contributed by atoms with Gasteiger partial charge in [0.2, 0.25) is 5.89 Å². The van der Waals surface area contributed by atoms with Gasteiger partial charge in [0.15, 0.2) is 5.76 Å². The van der Waals surface area contributed by atoms with Crippen LogP contribution in [0.4, 0.5) is 5.69 Å². The fraction of sp³-hybridized carbons (Fsp3) is 0.273. The molecule has 2 N–H and O–H groups in total. The molecular weight excluding hydrogens is 390 g/mol. The molecule has 29 heavy (non-hydrogen) atoms. The van der Waals surface area contributed by atoms with Crippen LogP contribution in [0.3, 0.4) is 0 Å². The van der Waals surface area contributed by atoms with E-state index in [1.165, 1.54) is 0 Å². The van der Waals surface area contributed by atoms with Crippen molar-refractivity contribution in [2.75, 3.05) is 18.5 Å². The Kier molecular flexibility index (Phi) is 5.83. The first kappa shape index (κ1) is 19.5. The summed E-state index contributed by atoms with van der Waals surface area (Å²) >= 11 is 6.04. The average Bonchev–Trinajstić information content (AvgIpc) is 3.41. The highest BCUT2D eigenvalue weighted by Crippen LogP contribution is 2.26. The van der Waals surface area contributed by atoms with Gasteiger partial charge in [0.25, 0.3) is 5.91 Å². The summed E-state index contributed by atoms with van der Waals surface area (Å²) in [4.78, 5) is 19.1. The second-order valence-electron chi connectivity index (χ2n) is 7.00. The molecule has 2 aromatic carbocycles. The quantitative estimate of drug-likeness (QED) is 0.635. The zero-order chi connectivity index (χ0) is 20.2. The number of aromatic nitrogens is 1. The van der Waals surface area contributed by atoms with Gasteiger partial charge in [0.05, 0.1) is 31.0 Å². The van der Waals surface area contributed by atoms with Crippen molar-refractivity contribution in [3.05, 3.63) is 71.2 Å². The number of nitrogens with zero attached hydrogens (tertiary/aromatic N) is 2. The number of anilines is 1. The average molecular weight is 412 g/mol. The Hall–Kier alpha value is -2.83. The van der Waals surface area contributed by atoms with E-state index in [9.17, 15) is 9.90 Å². The first-order valence-corrected chi connectivity index (χ1v) is 9.99. The van der Waals surface area contributed by atoms with Crippen molar-refractivity contribution in [3.63, 3.8) is 0 Å². The van der Waals surface area contributed by atoms with Gasteiger partial charge in [-0.1, -0.05) is 35.9 Å². The molecule has 0 saturated carbocycles. The van der Waals surface area contributed by atoms with E-state index in [2.05, 4.69) is 10.3 Å². The second-order valence-corrected chi connectivity index (χ2v) is 7.44. The van der Waals surface area contributed by atoms with Gasteiger partial charge in [0.1, 0.15) is 0 Å². The SMILES string of the molecule is O=C(c1ccccc1NCc1ncc(-c2cccc(Cl)c2)o1)N1CCCC1CO. The van der Waals surface area contributed by atoms with E-state index in [1.54, 1.807) is 23.2 Å². The van der Waals surface area contributed by atoms with E-state index < -0.39 is 0 Å². The van der Waals surface area contributed by atoms with Crippen LogP contribution in [0.25, 0.3) is 11.3 Å². The lowest BCUT2D eigenvalue weighted by Crippen LogP contribution is -2.37. The Morgan fingerprint density at radius 1 is 1.28 bits per heavy atom. The van der Waals surface area contributed by atoms with Gasteiger partial charge >= 0.3 is 0 Å². The van der Waals surface area contributed by atoms with Gasteiger partial charge < -0.3 is 19.7 Å². The molecule has 0 bridgehead atoms. The summed E-state index contributed by atoms with van der Waals surface area (Å²) in [6.45, 7) is 0.999. The normalized spacial score (nSPS) is 16.2. The summed E-state index contributed by atoms with van der Waals surface area (Å²) < 4.78 is 5.82. The lowest BCUT2D eigenvalue weighted by Gasteiger charge is -2.24. The molecule has 7 heteroatoms. The van der Waals surface area contributed by atoms with Crippen LogP contribution in [0.2, 0.25) is 5.02 Å². The molecule has 0 aliphatic carbocycles. The van der Waals surface area contributed by atoms with Crippen LogP contribution in [0.5, 0.6) is 0 Å². The summed E-state index contributed by atoms with van der Waals surface area (Å²) in [6, 6.07) is 14.7. The largest absolute Gasteiger partial charge is 0.439 e. The third-order valence-electron chi connectivity index (χ3n) is 5.10. The maximum Gasteiger partial charge on any atom is 0.256 e. The second kappa shape index (κ2) is 8.68. The molecule has 1 fully saturated rings. The smallest absolute Gasteiger partial charge is 0.256 e. The number of aliphatic hydroxyl groups excluding tert-OH is 1. The van der Waals surface area contributed by atoms with E-state index in [0.29, 0.717) is 41.0 Å². The van der Waals surface area contributed by atoms with Crippen LogP contribution < -0.4 is 5.32 Å². The number of para-hydroxylation sites is 1. The number of nitrogens with one attached hydrogen (secondary N) is 1. The maximum atomic E-state index is 13.0. The molecule has 1 atom stereocenters. The highest BCUT2D eigenvalue weighted by atomic mass is 35.5. The minimum atomic E-state index is -0.109. The third-order valence-corrected chi connectivity index (χ3v) is 5.33. The van der Waals surface area contributed by atoms with E-state index in [1.807, 2.05) is 36.4 Å². The van der Waals surface area contributed by atoms with E-state index in [-0.39, 0.29) is 18.6 Å². The molecule has 0 radical (unpaired) electrons. The predicted octanol–water partition coefficient (Wildman–Crippen LogP) is 4.20. The lowest BCUT2D eigenvalue weighted by atomic mass is 10.1. The molecule has 1 aliphatic heterocycles. The van der Waals surface area contributed by atoms with Gasteiger partial charge in [-0.15, -0.1) is 0 Å². The minimum Gasteiger partial charge on any atom is -0.439 e. The third kappa shape index (κ3) is 4.28. The number of oxazole rings is 1. The Balaban J connectivity index is 1.48. The monoisotopic (exact) mass is 411 g/mol. The molecule has 1 saturated heterocycles. The number of hydrogen-bond donors (Lipinski definition) is 2. The minimum absolute atomic E-state index is 0.00999. The Labute approximate surface area is 174 Å². The summed E-state index contributed by atoms with van der Waals surface area (Å²) in [5.74, 6) is 1.07. The van der Waals surface area contributed by atoms with Crippen LogP contribution >= 0.6 is 11.6 Å². The van der Waals surface area contributed by atoms with Crippen LogP contribution in [0.1, 0.15) is 29.1 Å². The number of hydrogen-bond acceptors (Lipinski definition) is 5. The van der Waals surface area contributed by atoms with Gasteiger partial charge in [0, 0.05) is 22.8 Å². The van der Waals surface area contributed by atoms with Crippen molar-refractivity contribution in [2.24, 2.45) is 0 Å². The van der Waals surface area contributed by atoms with Crippen molar-refractivity contribution >= 4 is 23.2 Å². The Morgan fingerprint density at radius 3 is 2.97 bits per heavy atom. The Bertz CT molecular complexity index is 1000. The maximum absolute atomic E-state index is 13.0. The number of aliphatic hydroxyl groups is 1. The van der Waals surface area contributed by atoms with E-state index in [0.717, 1.165) is 18.4 Å². The van der Waals surface area contributed by atoms with Crippen LogP contribution in [-0.2, 0) is 6.54 Å². The molecule has 1 aliphatic rings. The van der Waals surface area contributed by atoms with Gasteiger partial charge in [-0.3, -0.25) is 4.79 Å². The van der Waals surface area contributed by atoms with E-state index in [4.69, 9.17) is 16.0 Å². The molecule has 150 valence electrons. The number of halogens is 1. The number of amides is 1. The molecule has 1 aromatic heterocycles. The van der Waals surface area contributed by atoms with Crippen molar-refractivity contribution in [2.45, 2.75) is 25.4 Å². The lowest BCUT2D eigenvalue weighted by molar-refractivity contribution is 0.0678. The standard InChI is InChI=1S/C22H22ClN3O3/c23-16-6-3-5-15(11-16)20-12-25-21(29-20)13-24-19-9-2-1-8-18(19)22(28)26-10-4-7-17(26)14-27/h1-3,5-6,8-9,11-12,17,24,27H,4,7,10,13-14H2. The predicted molar refractivity (Wildman–Crippen MR) is 112 cm³/mol. The Morgan fingerprint density at radius 2 is 2.14 bits per heavy atom. The molecule has 1 amide bonds. The molecule has 4 rings (SSSR count). The van der Waals surface area contributed by atoms with Gasteiger partial charge in [-0.05, 0) is 37.1 Å². The number of likely N-dealkylation sites (tertiary alicyclic amines) is 1. The molecule has 3 aromatic rings. The number of rotatable bonds is 6. The fourth-order valence-electron chi connectivity index (χ4n) is 3.61. The molecule has 1 unspecified atom stereocenters. The molecule has 0 spiro atoms. The zero-order valence-corrected chi connectivity index (χ0v) is 16.6. The summed E-state index contributed by atoms with van der Waals surface area (Å²) in [6.07, 6.45) is 3.41. The number of carbonyl (C=O) groups excluding carboxylic acids is 1. The van der Waals surface area contributed by atoms with E-state index >= 15 is 0 Å². The van der Waals surface area contributed by atoms with Crippen LogP contribution in [-0.4, -0.2) is 40.1 Å². The van der Waals surface area contributed by atoms with Crippen molar-refractivity contribution in [1.29, 1.82) is 0 Å². The highest BCUT2D eigenvalue weighted by molar-refractivity contribution is 6.30. The highest BCUT2D eigenvalue weighted by Gasteiger charge is 2.29. The summed E-state index contributed by atoms with van der Waals surface area (Å²) in [5.41, 5.74) is 2.15. The first-order valence-electron chi connectivity index (χ1n) is 9.61. The fourth-order valence-corrected chi connectivity index (χ4v) is 3.80. The zero-order valence-electron chi connectivity index (χ0n) is 15.8.